The average molecular weight is 438 g/mol. The molecule has 2 aromatic carbocycles. The van der Waals surface area contributed by atoms with Crippen molar-refractivity contribution in [3.05, 3.63) is 63.7 Å². The van der Waals surface area contributed by atoms with Gasteiger partial charge in [0.2, 0.25) is 5.91 Å². The minimum atomic E-state index is -0.534. The van der Waals surface area contributed by atoms with Crippen LogP contribution in [0.4, 0.5) is 10.5 Å². The van der Waals surface area contributed by atoms with Gasteiger partial charge in [-0.05, 0) is 59.3 Å². The number of halogens is 1. The van der Waals surface area contributed by atoms with Crippen molar-refractivity contribution in [1.82, 2.24) is 5.32 Å². The van der Waals surface area contributed by atoms with Crippen LogP contribution in [-0.4, -0.2) is 18.6 Å². The van der Waals surface area contributed by atoms with Gasteiger partial charge < -0.3 is 15.4 Å². The van der Waals surface area contributed by atoms with Crippen molar-refractivity contribution >= 4 is 40.3 Å². The first-order chi connectivity index (χ1) is 11.6. The second kappa shape index (κ2) is 9.27. The number of carbonyl (C=O) groups is 2. The van der Waals surface area contributed by atoms with Crippen molar-refractivity contribution in [3.8, 4) is 0 Å². The second-order valence-electron chi connectivity index (χ2n) is 5.09. The Labute approximate surface area is 154 Å². The topological polar surface area (TPSA) is 67.4 Å². The first kappa shape index (κ1) is 18.3. The van der Waals surface area contributed by atoms with Crippen molar-refractivity contribution in [2.75, 3.05) is 11.9 Å². The van der Waals surface area contributed by atoms with Crippen LogP contribution in [-0.2, 0) is 9.53 Å². The number of carbonyl (C=O) groups excluding carboxylic acids is 2. The van der Waals surface area contributed by atoms with Crippen LogP contribution in [0.5, 0.6) is 0 Å². The fourth-order valence-electron chi connectivity index (χ4n) is 2.18. The first-order valence-electron chi connectivity index (χ1n) is 7.62. The highest BCUT2D eigenvalue weighted by atomic mass is 127. The van der Waals surface area contributed by atoms with Crippen LogP contribution in [0.3, 0.4) is 0 Å². The SMILES string of the molecule is CCOC(=O)N[C@H](CC(=O)Nc1ccc(I)cc1)c1ccccc1. The predicted octanol–water partition coefficient (Wildman–Crippen LogP) is 4.11. The Bertz CT molecular complexity index is 674. The number of amides is 2. The zero-order valence-electron chi connectivity index (χ0n) is 13.3. The second-order valence-corrected chi connectivity index (χ2v) is 6.33. The Kier molecular flexibility index (Phi) is 7.05. The molecule has 0 aliphatic carbocycles. The minimum absolute atomic E-state index is 0.120. The van der Waals surface area contributed by atoms with Crippen LogP contribution in [0.2, 0.25) is 0 Å². The molecular weight excluding hydrogens is 419 g/mol. The molecule has 2 rings (SSSR count). The van der Waals surface area contributed by atoms with Crippen molar-refractivity contribution in [2.24, 2.45) is 0 Å². The number of benzene rings is 2. The van der Waals surface area contributed by atoms with Gasteiger partial charge in [0.1, 0.15) is 0 Å². The number of alkyl carbamates (subject to hydrolysis) is 1. The molecule has 24 heavy (non-hydrogen) atoms. The maximum atomic E-state index is 12.3. The van der Waals surface area contributed by atoms with Crippen molar-refractivity contribution in [1.29, 1.82) is 0 Å². The lowest BCUT2D eigenvalue weighted by Crippen LogP contribution is -2.32. The molecule has 0 fully saturated rings. The molecule has 2 aromatic rings. The van der Waals surface area contributed by atoms with E-state index in [-0.39, 0.29) is 18.9 Å². The summed E-state index contributed by atoms with van der Waals surface area (Å²) in [5.74, 6) is -0.179. The third-order valence-corrected chi connectivity index (χ3v) is 4.01. The minimum Gasteiger partial charge on any atom is -0.450 e. The van der Waals surface area contributed by atoms with Gasteiger partial charge in [0, 0.05) is 9.26 Å². The summed E-state index contributed by atoms with van der Waals surface area (Å²) in [4.78, 5) is 24.1. The first-order valence-corrected chi connectivity index (χ1v) is 8.70. The highest BCUT2D eigenvalue weighted by Crippen LogP contribution is 2.18. The maximum Gasteiger partial charge on any atom is 0.407 e. The molecule has 5 nitrogen and oxygen atoms in total. The monoisotopic (exact) mass is 438 g/mol. The van der Waals surface area contributed by atoms with E-state index in [2.05, 4.69) is 33.2 Å². The molecule has 0 aliphatic heterocycles. The van der Waals surface area contributed by atoms with Crippen LogP contribution in [0, 0.1) is 3.57 Å². The van der Waals surface area contributed by atoms with Crippen LogP contribution >= 0.6 is 22.6 Å². The Morgan fingerprint density at radius 3 is 2.38 bits per heavy atom. The molecule has 0 radical (unpaired) electrons. The standard InChI is InChI=1S/C18H19IN2O3/c1-2-24-18(23)21-16(13-6-4-3-5-7-13)12-17(22)20-15-10-8-14(19)9-11-15/h3-11,16H,2,12H2,1H3,(H,20,22)(H,21,23)/t16-/m1/s1. The molecule has 0 unspecified atom stereocenters. The summed E-state index contributed by atoms with van der Waals surface area (Å²) in [5.41, 5.74) is 1.58. The zero-order chi connectivity index (χ0) is 17.4. The van der Waals surface area contributed by atoms with Gasteiger partial charge in [-0.1, -0.05) is 30.3 Å². The van der Waals surface area contributed by atoms with Crippen molar-refractivity contribution in [2.45, 2.75) is 19.4 Å². The van der Waals surface area contributed by atoms with Crippen LogP contribution < -0.4 is 10.6 Å². The number of nitrogens with one attached hydrogen (secondary N) is 2. The van der Waals surface area contributed by atoms with Gasteiger partial charge in [-0.2, -0.15) is 0 Å². The number of anilines is 1. The Balaban J connectivity index is 2.05. The van der Waals surface area contributed by atoms with E-state index in [9.17, 15) is 9.59 Å². The molecule has 0 saturated carbocycles. The number of rotatable bonds is 6. The quantitative estimate of drug-likeness (QED) is 0.668. The summed E-state index contributed by atoms with van der Waals surface area (Å²) in [7, 11) is 0. The molecule has 2 N–H and O–H groups in total. The molecule has 0 heterocycles. The summed E-state index contributed by atoms with van der Waals surface area (Å²) < 4.78 is 6.02. The molecule has 0 aliphatic rings. The normalized spacial score (nSPS) is 11.4. The van der Waals surface area contributed by atoms with Gasteiger partial charge in [0.15, 0.2) is 0 Å². The lowest BCUT2D eigenvalue weighted by molar-refractivity contribution is -0.116. The summed E-state index contributed by atoms with van der Waals surface area (Å²) in [6, 6.07) is 16.4. The highest BCUT2D eigenvalue weighted by molar-refractivity contribution is 14.1. The van der Waals surface area contributed by atoms with E-state index in [0.29, 0.717) is 0 Å². The molecular formula is C18H19IN2O3. The number of hydrogen-bond donors (Lipinski definition) is 2. The Hall–Kier alpha value is -2.09. The number of ether oxygens (including phenoxy) is 1. The molecule has 6 heteroatoms. The van der Waals surface area contributed by atoms with Gasteiger partial charge in [-0.25, -0.2) is 4.79 Å². The molecule has 0 spiro atoms. The van der Waals surface area contributed by atoms with Crippen LogP contribution in [0.15, 0.2) is 54.6 Å². The van der Waals surface area contributed by atoms with E-state index in [1.807, 2.05) is 54.6 Å². The summed E-state index contributed by atoms with van der Waals surface area (Å²) in [6.07, 6.45) is -0.414. The van der Waals surface area contributed by atoms with Gasteiger partial charge in [0.05, 0.1) is 19.1 Å². The molecule has 0 bridgehead atoms. The Morgan fingerprint density at radius 2 is 1.75 bits per heavy atom. The Morgan fingerprint density at radius 1 is 1.08 bits per heavy atom. The van der Waals surface area contributed by atoms with E-state index in [1.165, 1.54) is 0 Å². The summed E-state index contributed by atoms with van der Waals surface area (Å²) >= 11 is 2.20. The molecule has 1 atom stereocenters. The van der Waals surface area contributed by atoms with E-state index >= 15 is 0 Å². The van der Waals surface area contributed by atoms with E-state index in [0.717, 1.165) is 14.8 Å². The highest BCUT2D eigenvalue weighted by Gasteiger charge is 2.19. The van der Waals surface area contributed by atoms with Gasteiger partial charge in [0.25, 0.3) is 0 Å². The van der Waals surface area contributed by atoms with E-state index < -0.39 is 12.1 Å². The van der Waals surface area contributed by atoms with Crippen LogP contribution in [0.1, 0.15) is 24.9 Å². The fourth-order valence-corrected chi connectivity index (χ4v) is 2.54. The zero-order valence-corrected chi connectivity index (χ0v) is 15.4. The molecule has 0 aromatic heterocycles. The summed E-state index contributed by atoms with van der Waals surface area (Å²) in [5, 5.41) is 5.58. The van der Waals surface area contributed by atoms with E-state index in [1.54, 1.807) is 6.92 Å². The van der Waals surface area contributed by atoms with Crippen LogP contribution in [0.25, 0.3) is 0 Å². The van der Waals surface area contributed by atoms with E-state index in [4.69, 9.17) is 4.74 Å². The van der Waals surface area contributed by atoms with Crippen molar-refractivity contribution < 1.29 is 14.3 Å². The largest absolute Gasteiger partial charge is 0.450 e. The lowest BCUT2D eigenvalue weighted by Gasteiger charge is -2.18. The molecule has 0 saturated heterocycles. The average Bonchev–Trinajstić information content (AvgIpc) is 2.57. The van der Waals surface area contributed by atoms with Gasteiger partial charge in [-0.15, -0.1) is 0 Å². The molecule has 2 amide bonds. The lowest BCUT2D eigenvalue weighted by atomic mass is 10.0. The van der Waals surface area contributed by atoms with Crippen molar-refractivity contribution in [3.63, 3.8) is 0 Å². The molecule has 126 valence electrons. The maximum absolute atomic E-state index is 12.3. The van der Waals surface area contributed by atoms with Gasteiger partial charge >= 0.3 is 6.09 Å². The smallest absolute Gasteiger partial charge is 0.407 e. The summed E-state index contributed by atoms with van der Waals surface area (Å²) in [6.45, 7) is 2.02. The predicted molar refractivity (Wildman–Crippen MR) is 102 cm³/mol. The third kappa shape index (κ3) is 5.84. The third-order valence-electron chi connectivity index (χ3n) is 3.29. The fraction of sp³-hybridized carbons (Fsp3) is 0.222. The van der Waals surface area contributed by atoms with Gasteiger partial charge in [-0.3, -0.25) is 4.79 Å². The number of hydrogen-bond acceptors (Lipinski definition) is 3.